The van der Waals surface area contributed by atoms with Crippen LogP contribution in [0.2, 0.25) is 0 Å². The highest BCUT2D eigenvalue weighted by Crippen LogP contribution is 2.28. The molecule has 3 heterocycles. The summed E-state index contributed by atoms with van der Waals surface area (Å²) in [6, 6.07) is 6.90. The topological polar surface area (TPSA) is 78.9 Å². The van der Waals surface area contributed by atoms with Gasteiger partial charge in [-0.05, 0) is 33.8 Å². The zero-order valence-electron chi connectivity index (χ0n) is 10.6. The van der Waals surface area contributed by atoms with Crippen molar-refractivity contribution in [2.75, 3.05) is 0 Å². The number of hydrogen-bond donors (Lipinski definition) is 1. The molecule has 0 fully saturated rings. The fourth-order valence-electron chi connectivity index (χ4n) is 1.82. The summed E-state index contributed by atoms with van der Waals surface area (Å²) >= 11 is 2.93. The van der Waals surface area contributed by atoms with E-state index in [9.17, 15) is 10.1 Å². The van der Waals surface area contributed by atoms with Gasteiger partial charge in [0.15, 0.2) is 17.8 Å². The van der Waals surface area contributed by atoms with Crippen molar-refractivity contribution >= 4 is 28.6 Å². The molecule has 104 valence electrons. The van der Waals surface area contributed by atoms with Gasteiger partial charge in [-0.15, -0.1) is 11.3 Å². The van der Waals surface area contributed by atoms with E-state index in [2.05, 4.69) is 16.4 Å². The molecule has 0 bridgehead atoms. The second-order valence-corrected chi connectivity index (χ2v) is 5.83. The first-order chi connectivity index (χ1) is 10.3. The Hall–Kier alpha value is -2.43. The van der Waals surface area contributed by atoms with Crippen LogP contribution in [0.1, 0.15) is 22.1 Å². The molecule has 0 aliphatic carbocycles. The molecule has 1 N–H and O–H groups in total. The Balaban J connectivity index is 1.84. The van der Waals surface area contributed by atoms with Gasteiger partial charge in [-0.25, -0.2) is 4.98 Å². The van der Waals surface area contributed by atoms with Gasteiger partial charge in [0.1, 0.15) is 6.04 Å². The van der Waals surface area contributed by atoms with E-state index in [1.807, 2.05) is 34.3 Å². The molecule has 1 amide bonds. The Bertz CT molecular complexity index is 770. The molecular formula is C14H9N3O2S2. The zero-order chi connectivity index (χ0) is 14.7. The maximum absolute atomic E-state index is 12.3. The van der Waals surface area contributed by atoms with E-state index < -0.39 is 11.9 Å². The van der Waals surface area contributed by atoms with Gasteiger partial charge in [-0.3, -0.25) is 4.79 Å². The molecule has 3 rings (SSSR count). The lowest BCUT2D eigenvalue weighted by Gasteiger charge is -2.09. The van der Waals surface area contributed by atoms with E-state index in [0.29, 0.717) is 5.76 Å². The average Bonchev–Trinajstić information content (AvgIpc) is 3.25. The predicted molar refractivity (Wildman–Crippen MR) is 80.0 cm³/mol. The fourth-order valence-corrected chi connectivity index (χ4v) is 3.22. The minimum Gasteiger partial charge on any atom is -0.442 e. The van der Waals surface area contributed by atoms with Crippen LogP contribution in [-0.2, 0) is 0 Å². The maximum Gasteiger partial charge on any atom is 0.275 e. The van der Waals surface area contributed by atoms with Gasteiger partial charge in [-0.1, -0.05) is 6.07 Å². The van der Waals surface area contributed by atoms with E-state index in [4.69, 9.17) is 4.42 Å². The normalized spacial score (nSPS) is 11.8. The van der Waals surface area contributed by atoms with Crippen molar-refractivity contribution in [3.8, 4) is 16.7 Å². The summed E-state index contributed by atoms with van der Waals surface area (Å²) in [7, 11) is 0. The van der Waals surface area contributed by atoms with E-state index in [-0.39, 0.29) is 5.69 Å². The summed E-state index contributed by atoms with van der Waals surface area (Å²) in [6.07, 6.45) is 1.23. The molecule has 1 atom stereocenters. The summed E-state index contributed by atoms with van der Waals surface area (Å²) in [5.41, 5.74) is 0.949. The third kappa shape index (κ3) is 2.72. The quantitative estimate of drug-likeness (QED) is 0.799. The molecule has 0 aliphatic heterocycles. The summed E-state index contributed by atoms with van der Waals surface area (Å²) in [6.45, 7) is 0. The van der Waals surface area contributed by atoms with Crippen molar-refractivity contribution in [3.63, 3.8) is 0 Å². The number of hydrogen-bond acceptors (Lipinski definition) is 6. The average molecular weight is 315 g/mol. The van der Waals surface area contributed by atoms with Crippen LogP contribution in [0.4, 0.5) is 0 Å². The molecule has 1 unspecified atom stereocenters. The van der Waals surface area contributed by atoms with Crippen molar-refractivity contribution < 1.29 is 9.21 Å². The molecule has 0 radical (unpaired) electrons. The van der Waals surface area contributed by atoms with Crippen LogP contribution < -0.4 is 5.32 Å². The number of carbonyl (C=O) groups excluding carboxylic acids is 1. The Morgan fingerprint density at radius 3 is 3.00 bits per heavy atom. The number of rotatable bonds is 4. The molecule has 0 aromatic carbocycles. The van der Waals surface area contributed by atoms with E-state index in [0.717, 1.165) is 10.4 Å². The smallest absolute Gasteiger partial charge is 0.275 e. The lowest BCUT2D eigenvalue weighted by atomic mass is 10.1. The van der Waals surface area contributed by atoms with Gasteiger partial charge in [0.05, 0.1) is 10.9 Å². The van der Waals surface area contributed by atoms with Crippen LogP contribution in [0.5, 0.6) is 0 Å². The highest BCUT2D eigenvalue weighted by atomic mass is 32.1. The number of amides is 1. The van der Waals surface area contributed by atoms with E-state index in [1.54, 1.807) is 0 Å². The van der Waals surface area contributed by atoms with E-state index in [1.165, 1.54) is 29.1 Å². The van der Waals surface area contributed by atoms with Gasteiger partial charge in [0, 0.05) is 0 Å². The molecule has 3 aromatic rings. The van der Waals surface area contributed by atoms with Crippen LogP contribution in [0.15, 0.2) is 45.2 Å². The highest BCUT2D eigenvalue weighted by molar-refractivity contribution is 7.13. The lowest BCUT2D eigenvalue weighted by Crippen LogP contribution is -2.28. The molecule has 21 heavy (non-hydrogen) atoms. The summed E-state index contributed by atoms with van der Waals surface area (Å²) in [4.78, 5) is 17.1. The first-order valence-electron chi connectivity index (χ1n) is 5.99. The summed E-state index contributed by atoms with van der Waals surface area (Å²) in [5.74, 6) is -0.00518. The maximum atomic E-state index is 12.3. The SMILES string of the molecule is N#CC(NC(=O)c1ncoc1-c1cccs1)c1ccsc1. The lowest BCUT2D eigenvalue weighted by molar-refractivity contribution is 0.0941. The van der Waals surface area contributed by atoms with Crippen molar-refractivity contribution in [1.82, 2.24) is 10.3 Å². The molecule has 3 aromatic heterocycles. The van der Waals surface area contributed by atoms with E-state index >= 15 is 0 Å². The van der Waals surface area contributed by atoms with Gasteiger partial charge in [0.25, 0.3) is 5.91 Å². The second-order valence-electron chi connectivity index (χ2n) is 4.10. The molecule has 5 nitrogen and oxygen atoms in total. The Morgan fingerprint density at radius 1 is 1.43 bits per heavy atom. The molecule has 0 aliphatic rings. The van der Waals surface area contributed by atoms with Crippen molar-refractivity contribution in [3.05, 3.63) is 52.0 Å². The van der Waals surface area contributed by atoms with Crippen LogP contribution in [0, 0.1) is 11.3 Å². The number of aromatic nitrogens is 1. The fraction of sp³-hybridized carbons (Fsp3) is 0.0714. The summed E-state index contributed by atoms with van der Waals surface area (Å²) < 4.78 is 5.29. The Labute approximate surface area is 128 Å². The third-order valence-corrected chi connectivity index (χ3v) is 4.38. The van der Waals surface area contributed by atoms with Crippen LogP contribution in [0.25, 0.3) is 10.6 Å². The molecule has 7 heteroatoms. The molecular weight excluding hydrogens is 306 g/mol. The molecule has 0 saturated heterocycles. The van der Waals surface area contributed by atoms with Crippen LogP contribution in [-0.4, -0.2) is 10.9 Å². The Kier molecular flexibility index (Phi) is 3.81. The van der Waals surface area contributed by atoms with Gasteiger partial charge in [0.2, 0.25) is 0 Å². The standard InChI is InChI=1S/C14H9N3O2S2/c15-6-10(9-3-5-20-7-9)17-14(18)12-13(19-8-16-12)11-2-1-4-21-11/h1-5,7-8,10H,(H,17,18). The van der Waals surface area contributed by atoms with Gasteiger partial charge in [-0.2, -0.15) is 16.6 Å². The Morgan fingerprint density at radius 2 is 2.33 bits per heavy atom. The second kappa shape index (κ2) is 5.91. The van der Waals surface area contributed by atoms with Crippen LogP contribution in [0.3, 0.4) is 0 Å². The number of nitrogens with one attached hydrogen (secondary N) is 1. The molecule has 0 spiro atoms. The van der Waals surface area contributed by atoms with Crippen molar-refractivity contribution in [2.24, 2.45) is 0 Å². The molecule has 0 saturated carbocycles. The van der Waals surface area contributed by atoms with Crippen molar-refractivity contribution in [1.29, 1.82) is 5.26 Å². The van der Waals surface area contributed by atoms with Gasteiger partial charge < -0.3 is 9.73 Å². The minimum absolute atomic E-state index is 0.188. The van der Waals surface area contributed by atoms with Crippen molar-refractivity contribution in [2.45, 2.75) is 6.04 Å². The predicted octanol–water partition coefficient (Wildman–Crippen LogP) is 3.46. The number of oxazole rings is 1. The monoisotopic (exact) mass is 315 g/mol. The zero-order valence-corrected chi connectivity index (χ0v) is 12.3. The number of nitriles is 1. The summed E-state index contributed by atoms with van der Waals surface area (Å²) in [5, 5.41) is 17.4. The highest BCUT2D eigenvalue weighted by Gasteiger charge is 2.22. The number of nitrogens with zero attached hydrogens (tertiary/aromatic N) is 2. The largest absolute Gasteiger partial charge is 0.442 e. The first kappa shape index (κ1) is 13.5. The van der Waals surface area contributed by atoms with Gasteiger partial charge >= 0.3 is 0 Å². The number of carbonyl (C=O) groups is 1. The first-order valence-corrected chi connectivity index (χ1v) is 7.82. The minimum atomic E-state index is -0.698. The third-order valence-electron chi connectivity index (χ3n) is 2.81. The van der Waals surface area contributed by atoms with Crippen LogP contribution >= 0.6 is 22.7 Å². The number of thiophene rings is 2.